The van der Waals surface area contributed by atoms with Crippen molar-refractivity contribution >= 4 is 17.7 Å². The SMILES string of the molecule is CC1(N)CCN(C(=O)c2ccc(Sc3ccc(C(F)(F)F)cc3)o2)CC1. The highest BCUT2D eigenvalue weighted by Crippen LogP contribution is 2.34. The highest BCUT2D eigenvalue weighted by Gasteiger charge is 2.31. The maximum Gasteiger partial charge on any atom is 0.416 e. The number of hydrogen-bond acceptors (Lipinski definition) is 4. The summed E-state index contributed by atoms with van der Waals surface area (Å²) in [6.45, 7) is 3.13. The van der Waals surface area contributed by atoms with E-state index in [1.807, 2.05) is 6.92 Å². The molecule has 3 rings (SSSR count). The van der Waals surface area contributed by atoms with Crippen molar-refractivity contribution in [2.45, 2.75) is 41.5 Å². The van der Waals surface area contributed by atoms with Gasteiger partial charge in [-0.1, -0.05) is 11.8 Å². The van der Waals surface area contributed by atoms with Crippen LogP contribution in [0.4, 0.5) is 13.2 Å². The van der Waals surface area contributed by atoms with E-state index in [2.05, 4.69) is 0 Å². The van der Waals surface area contributed by atoms with Crippen molar-refractivity contribution in [3.05, 3.63) is 47.7 Å². The Morgan fingerprint density at radius 1 is 1.15 bits per heavy atom. The minimum Gasteiger partial charge on any atom is -0.444 e. The van der Waals surface area contributed by atoms with Crippen LogP contribution in [0.3, 0.4) is 0 Å². The summed E-state index contributed by atoms with van der Waals surface area (Å²) in [5.74, 6) is 0.0276. The first kappa shape index (κ1) is 18.8. The van der Waals surface area contributed by atoms with Gasteiger partial charge in [0.2, 0.25) is 0 Å². The number of nitrogens with two attached hydrogens (primary N) is 1. The van der Waals surface area contributed by atoms with E-state index in [1.165, 1.54) is 23.9 Å². The Morgan fingerprint density at radius 2 is 1.77 bits per heavy atom. The number of hydrogen-bond donors (Lipinski definition) is 1. The molecule has 0 atom stereocenters. The fourth-order valence-electron chi connectivity index (χ4n) is 2.69. The molecule has 4 nitrogen and oxygen atoms in total. The fourth-order valence-corrected chi connectivity index (χ4v) is 3.47. The molecule has 0 spiro atoms. The molecule has 1 aromatic heterocycles. The van der Waals surface area contributed by atoms with Crippen LogP contribution in [-0.4, -0.2) is 29.4 Å². The molecule has 26 heavy (non-hydrogen) atoms. The van der Waals surface area contributed by atoms with Crippen molar-refractivity contribution in [3.8, 4) is 0 Å². The number of carbonyl (C=O) groups excluding carboxylic acids is 1. The molecule has 140 valence electrons. The molecule has 1 aromatic carbocycles. The number of furan rings is 1. The van der Waals surface area contributed by atoms with Gasteiger partial charge in [0, 0.05) is 23.5 Å². The normalized spacial score (nSPS) is 17.3. The number of nitrogens with zero attached hydrogens (tertiary/aromatic N) is 1. The van der Waals surface area contributed by atoms with Gasteiger partial charge >= 0.3 is 6.18 Å². The predicted molar refractivity (Wildman–Crippen MR) is 92.0 cm³/mol. The van der Waals surface area contributed by atoms with Gasteiger partial charge in [-0.15, -0.1) is 0 Å². The number of rotatable bonds is 3. The van der Waals surface area contributed by atoms with E-state index < -0.39 is 11.7 Å². The molecule has 1 fully saturated rings. The summed E-state index contributed by atoms with van der Waals surface area (Å²) >= 11 is 1.17. The van der Waals surface area contributed by atoms with Crippen LogP contribution in [0.15, 0.2) is 50.8 Å². The van der Waals surface area contributed by atoms with E-state index in [0.717, 1.165) is 25.0 Å². The van der Waals surface area contributed by atoms with E-state index in [4.69, 9.17) is 10.2 Å². The van der Waals surface area contributed by atoms with E-state index in [0.29, 0.717) is 23.1 Å². The Hall–Kier alpha value is -1.93. The first-order valence-corrected chi connectivity index (χ1v) is 8.99. The molecular weight excluding hydrogens is 365 g/mol. The summed E-state index contributed by atoms with van der Waals surface area (Å²) in [4.78, 5) is 14.8. The van der Waals surface area contributed by atoms with Gasteiger partial charge in [-0.2, -0.15) is 13.2 Å². The first-order valence-electron chi connectivity index (χ1n) is 8.17. The van der Waals surface area contributed by atoms with Crippen LogP contribution >= 0.6 is 11.8 Å². The average Bonchev–Trinajstić information content (AvgIpc) is 3.02. The van der Waals surface area contributed by atoms with E-state index in [1.54, 1.807) is 17.0 Å². The summed E-state index contributed by atoms with van der Waals surface area (Å²) in [7, 11) is 0. The number of piperidine rings is 1. The van der Waals surface area contributed by atoms with Crippen LogP contribution < -0.4 is 5.73 Å². The van der Waals surface area contributed by atoms with Crippen molar-refractivity contribution in [1.29, 1.82) is 0 Å². The molecule has 2 heterocycles. The Kier molecular flexibility index (Phi) is 5.07. The van der Waals surface area contributed by atoms with Gasteiger partial charge in [0.05, 0.1) is 5.56 Å². The lowest BCUT2D eigenvalue weighted by molar-refractivity contribution is -0.137. The second-order valence-corrected chi connectivity index (χ2v) is 7.77. The predicted octanol–water partition coefficient (Wildman–Crippen LogP) is 4.40. The summed E-state index contributed by atoms with van der Waals surface area (Å²) < 4.78 is 43.3. The zero-order valence-corrected chi connectivity index (χ0v) is 15.0. The van der Waals surface area contributed by atoms with Gasteiger partial charge in [0.25, 0.3) is 5.91 Å². The van der Waals surface area contributed by atoms with Crippen LogP contribution in [0.5, 0.6) is 0 Å². The van der Waals surface area contributed by atoms with Crippen LogP contribution in [0, 0.1) is 0 Å². The molecule has 1 aliphatic heterocycles. The Morgan fingerprint density at radius 3 is 2.35 bits per heavy atom. The lowest BCUT2D eigenvalue weighted by atomic mass is 9.91. The molecule has 0 saturated carbocycles. The third-order valence-corrected chi connectivity index (χ3v) is 5.31. The highest BCUT2D eigenvalue weighted by atomic mass is 32.2. The largest absolute Gasteiger partial charge is 0.444 e. The van der Waals surface area contributed by atoms with Crippen molar-refractivity contribution in [3.63, 3.8) is 0 Å². The monoisotopic (exact) mass is 384 g/mol. The van der Waals surface area contributed by atoms with E-state index in [-0.39, 0.29) is 17.2 Å². The maximum absolute atomic E-state index is 12.6. The van der Waals surface area contributed by atoms with Gasteiger partial charge < -0.3 is 15.1 Å². The van der Waals surface area contributed by atoms with Crippen LogP contribution in [0.25, 0.3) is 0 Å². The van der Waals surface area contributed by atoms with Crippen LogP contribution in [0.1, 0.15) is 35.9 Å². The molecule has 1 amide bonds. The minimum absolute atomic E-state index is 0.195. The third-order valence-electron chi connectivity index (χ3n) is 4.39. The Labute approximate surface area is 153 Å². The van der Waals surface area contributed by atoms with Crippen molar-refractivity contribution in [1.82, 2.24) is 4.90 Å². The van der Waals surface area contributed by atoms with Gasteiger partial charge in [0.15, 0.2) is 10.9 Å². The zero-order valence-electron chi connectivity index (χ0n) is 14.2. The number of carbonyl (C=O) groups is 1. The molecule has 2 N–H and O–H groups in total. The van der Waals surface area contributed by atoms with Gasteiger partial charge in [-0.25, -0.2) is 0 Å². The fraction of sp³-hybridized carbons (Fsp3) is 0.389. The van der Waals surface area contributed by atoms with Crippen LogP contribution in [0.2, 0.25) is 0 Å². The standard InChI is InChI=1S/C18H19F3N2O2S/c1-17(22)8-10-23(11-9-17)16(24)14-6-7-15(25-14)26-13-4-2-12(3-5-13)18(19,20)21/h2-7H,8-11,22H2,1H3. The second kappa shape index (κ2) is 7.00. The number of alkyl halides is 3. The summed E-state index contributed by atoms with van der Waals surface area (Å²) in [5, 5.41) is 0.453. The zero-order chi connectivity index (χ0) is 18.9. The van der Waals surface area contributed by atoms with Crippen molar-refractivity contribution in [2.24, 2.45) is 5.73 Å². The van der Waals surface area contributed by atoms with Crippen molar-refractivity contribution < 1.29 is 22.4 Å². The van der Waals surface area contributed by atoms with Gasteiger partial charge in [-0.3, -0.25) is 4.79 Å². The number of likely N-dealkylation sites (tertiary alicyclic amines) is 1. The van der Waals surface area contributed by atoms with Gasteiger partial charge in [-0.05, 0) is 56.2 Å². The average molecular weight is 384 g/mol. The number of benzene rings is 1. The molecule has 0 unspecified atom stereocenters. The van der Waals surface area contributed by atoms with E-state index in [9.17, 15) is 18.0 Å². The molecule has 0 aliphatic carbocycles. The third kappa shape index (κ3) is 4.42. The molecule has 1 aliphatic rings. The van der Waals surface area contributed by atoms with E-state index >= 15 is 0 Å². The molecular formula is C18H19F3N2O2S. The van der Waals surface area contributed by atoms with Crippen molar-refractivity contribution in [2.75, 3.05) is 13.1 Å². The highest BCUT2D eigenvalue weighted by molar-refractivity contribution is 7.99. The smallest absolute Gasteiger partial charge is 0.416 e. The first-order chi connectivity index (χ1) is 12.1. The van der Waals surface area contributed by atoms with Crippen LogP contribution in [-0.2, 0) is 6.18 Å². The summed E-state index contributed by atoms with van der Waals surface area (Å²) in [6, 6.07) is 8.04. The molecule has 0 bridgehead atoms. The second-order valence-electron chi connectivity index (χ2n) is 6.69. The summed E-state index contributed by atoms with van der Waals surface area (Å²) in [6.07, 6.45) is -2.90. The van der Waals surface area contributed by atoms with Gasteiger partial charge in [0.1, 0.15) is 0 Å². The lowest BCUT2D eigenvalue weighted by Gasteiger charge is -2.36. The topological polar surface area (TPSA) is 59.5 Å². The quantitative estimate of drug-likeness (QED) is 0.852. The maximum atomic E-state index is 12.6. The number of halogens is 3. The Bertz CT molecular complexity index is 774. The Balaban J connectivity index is 1.64. The molecule has 2 aromatic rings. The summed E-state index contributed by atoms with van der Waals surface area (Å²) in [5.41, 5.74) is 5.12. The lowest BCUT2D eigenvalue weighted by Crippen LogP contribution is -2.49. The molecule has 1 saturated heterocycles. The number of amides is 1. The minimum atomic E-state index is -4.36. The molecule has 8 heteroatoms. The molecule has 0 radical (unpaired) electrons.